The van der Waals surface area contributed by atoms with Crippen molar-refractivity contribution in [1.29, 1.82) is 0 Å². The van der Waals surface area contributed by atoms with Gasteiger partial charge in [0.05, 0.1) is 43.6 Å². The summed E-state index contributed by atoms with van der Waals surface area (Å²) in [6.45, 7) is 1.75. The number of methoxy groups -OCH3 is 1. The Balaban J connectivity index is 1.19. The number of benzene rings is 1. The molecule has 1 atom stereocenters. The number of hydrogen-bond donors (Lipinski definition) is 0. The molecule has 1 fully saturated rings. The number of amides is 1. The molecule has 18 heteroatoms. The summed E-state index contributed by atoms with van der Waals surface area (Å²) in [5.74, 6) is 0.380. The van der Waals surface area contributed by atoms with Gasteiger partial charge in [-0.25, -0.2) is 14.6 Å². The Bertz CT molecular complexity index is 1780. The molecule has 0 saturated carbocycles. The van der Waals surface area contributed by atoms with E-state index < -0.39 is 40.6 Å². The highest BCUT2D eigenvalue weighted by atomic mass is 19.4. The third-order valence-corrected chi connectivity index (χ3v) is 8.13. The number of fused-ring (bicyclic) bond motifs is 1. The molecule has 1 aromatic carbocycles. The molecule has 1 aliphatic heterocycles. The number of carbonyl (C=O) groups excluding carboxylic acids is 1. The molecule has 0 N–H and O–H groups in total. The van der Waals surface area contributed by atoms with E-state index in [1.165, 1.54) is 12.0 Å². The summed E-state index contributed by atoms with van der Waals surface area (Å²) in [5, 5.41) is 7.19. The second-order valence-electron chi connectivity index (χ2n) is 11.4. The van der Waals surface area contributed by atoms with Crippen LogP contribution in [0.3, 0.4) is 0 Å². The highest BCUT2D eigenvalue weighted by molar-refractivity contribution is 5.81. The molecule has 0 spiro atoms. The van der Waals surface area contributed by atoms with E-state index in [9.17, 15) is 35.9 Å². The van der Waals surface area contributed by atoms with Crippen LogP contribution >= 0.6 is 0 Å². The molecule has 5 rings (SSSR count). The van der Waals surface area contributed by atoms with Crippen LogP contribution in [0.25, 0.3) is 10.9 Å². The van der Waals surface area contributed by atoms with Crippen LogP contribution in [0.4, 0.5) is 32.3 Å². The second-order valence-corrected chi connectivity index (χ2v) is 11.4. The van der Waals surface area contributed by atoms with Gasteiger partial charge in [0.25, 0.3) is 5.56 Å². The maximum absolute atomic E-state index is 14.0. The SMILES string of the molecule is COc1ccc(Cn2ncc3c(c(C(F)(F)F)nn3C(C)COCC(=O)N(C)C3CCN(c4ncc(C(F)(F)F)cn4)CC3)c2=O)cc1. The first-order valence-electron chi connectivity index (χ1n) is 14.8. The van der Waals surface area contributed by atoms with Crippen LogP contribution in [0.15, 0.2) is 47.7 Å². The fraction of sp³-hybridized carbons (Fsp3) is 0.467. The van der Waals surface area contributed by atoms with Crippen molar-refractivity contribution in [3.8, 4) is 5.75 Å². The molecule has 1 amide bonds. The highest BCUT2D eigenvalue weighted by Crippen LogP contribution is 2.33. The van der Waals surface area contributed by atoms with Gasteiger partial charge in [-0.05, 0) is 37.5 Å². The van der Waals surface area contributed by atoms with Crippen molar-refractivity contribution >= 4 is 22.8 Å². The lowest BCUT2D eigenvalue weighted by atomic mass is 10.0. The summed E-state index contributed by atoms with van der Waals surface area (Å²) in [7, 11) is 3.09. The number of anilines is 1. The number of piperidine rings is 1. The Hall–Kier alpha value is -4.74. The van der Waals surface area contributed by atoms with Gasteiger partial charge in [0.15, 0.2) is 5.69 Å². The average Bonchev–Trinajstić information content (AvgIpc) is 3.47. The Morgan fingerprint density at radius 2 is 1.67 bits per heavy atom. The van der Waals surface area contributed by atoms with Gasteiger partial charge in [-0.15, -0.1) is 0 Å². The van der Waals surface area contributed by atoms with Crippen LogP contribution < -0.4 is 15.2 Å². The molecule has 0 radical (unpaired) electrons. The average molecular weight is 683 g/mol. The van der Waals surface area contributed by atoms with E-state index in [0.717, 1.165) is 28.0 Å². The lowest BCUT2D eigenvalue weighted by Crippen LogP contribution is -2.47. The largest absolute Gasteiger partial charge is 0.497 e. The van der Waals surface area contributed by atoms with Crippen molar-refractivity contribution in [2.75, 3.05) is 45.4 Å². The monoisotopic (exact) mass is 682 g/mol. The zero-order valence-electron chi connectivity index (χ0n) is 26.1. The molecule has 48 heavy (non-hydrogen) atoms. The van der Waals surface area contributed by atoms with Crippen molar-refractivity contribution in [3.05, 3.63) is 70.0 Å². The summed E-state index contributed by atoms with van der Waals surface area (Å²) < 4.78 is 93.1. The van der Waals surface area contributed by atoms with E-state index >= 15 is 0 Å². The molecular formula is C30H32F6N8O4. The Labute approximate surface area is 269 Å². The minimum absolute atomic E-state index is 0.0720. The van der Waals surface area contributed by atoms with Crippen LogP contribution in [0.5, 0.6) is 5.75 Å². The fourth-order valence-electron chi connectivity index (χ4n) is 5.42. The first-order valence-corrected chi connectivity index (χ1v) is 14.8. The highest BCUT2D eigenvalue weighted by Gasteiger charge is 2.39. The predicted octanol–water partition coefficient (Wildman–Crippen LogP) is 4.18. The van der Waals surface area contributed by atoms with E-state index in [1.807, 2.05) is 0 Å². The van der Waals surface area contributed by atoms with Gasteiger partial charge >= 0.3 is 12.4 Å². The topological polar surface area (TPSA) is 120 Å². The van der Waals surface area contributed by atoms with E-state index in [4.69, 9.17) is 9.47 Å². The number of carbonyl (C=O) groups is 1. The predicted molar refractivity (Wildman–Crippen MR) is 159 cm³/mol. The third kappa shape index (κ3) is 7.53. The Morgan fingerprint density at radius 3 is 2.25 bits per heavy atom. The minimum Gasteiger partial charge on any atom is -0.497 e. The number of ether oxygens (including phenoxy) is 2. The first kappa shape index (κ1) is 34.6. The van der Waals surface area contributed by atoms with Gasteiger partial charge in [-0.1, -0.05) is 12.1 Å². The molecule has 1 unspecified atom stereocenters. The van der Waals surface area contributed by atoms with E-state index in [2.05, 4.69) is 20.2 Å². The van der Waals surface area contributed by atoms with E-state index in [-0.39, 0.29) is 43.2 Å². The van der Waals surface area contributed by atoms with Crippen molar-refractivity contribution in [2.45, 2.75) is 50.7 Å². The number of likely N-dealkylation sites (N-methyl/N-ethyl adjacent to an activating group) is 1. The van der Waals surface area contributed by atoms with Gasteiger partial charge < -0.3 is 19.3 Å². The van der Waals surface area contributed by atoms with Gasteiger partial charge in [-0.2, -0.15) is 36.5 Å². The van der Waals surface area contributed by atoms with E-state index in [1.54, 1.807) is 43.1 Å². The van der Waals surface area contributed by atoms with Crippen molar-refractivity contribution < 1.29 is 40.6 Å². The number of alkyl halides is 6. The molecule has 1 saturated heterocycles. The van der Waals surface area contributed by atoms with Crippen molar-refractivity contribution in [2.24, 2.45) is 0 Å². The molecule has 4 aromatic rings. The smallest absolute Gasteiger partial charge is 0.435 e. The third-order valence-electron chi connectivity index (χ3n) is 8.13. The van der Waals surface area contributed by atoms with Crippen LogP contribution in [-0.2, 0) is 28.4 Å². The summed E-state index contributed by atoms with van der Waals surface area (Å²) in [4.78, 5) is 37.0. The number of halogens is 6. The molecule has 0 bridgehead atoms. The molecule has 258 valence electrons. The van der Waals surface area contributed by atoms with Gasteiger partial charge in [0.1, 0.15) is 17.7 Å². The molecule has 12 nitrogen and oxygen atoms in total. The summed E-state index contributed by atoms with van der Waals surface area (Å²) in [5.41, 5.74) is -2.74. The quantitative estimate of drug-likeness (QED) is 0.227. The van der Waals surface area contributed by atoms with Gasteiger partial charge in [-0.3, -0.25) is 14.3 Å². The Kier molecular flexibility index (Phi) is 9.93. The summed E-state index contributed by atoms with van der Waals surface area (Å²) in [6.07, 6.45) is -5.83. The van der Waals surface area contributed by atoms with Crippen LogP contribution in [0.1, 0.15) is 42.6 Å². The lowest BCUT2D eigenvalue weighted by molar-refractivity contribution is -0.140. The standard InChI is InChI=1S/C30H32F6N8O4/c1-18(16-48-17-24(45)41(2)21-8-10-42(11-9-21)28-37-12-20(13-38-28)29(31,32)33)44-23-14-39-43(15-19-4-6-22(47-3)7-5-19)27(46)25(23)26(40-44)30(34,35)36/h4-7,12-14,18,21H,8-11,15-17H2,1-3H3. The zero-order chi connectivity index (χ0) is 34.8. The number of rotatable bonds is 10. The summed E-state index contributed by atoms with van der Waals surface area (Å²) in [6, 6.07) is 5.68. The van der Waals surface area contributed by atoms with Crippen molar-refractivity contribution in [1.82, 2.24) is 34.4 Å². The Morgan fingerprint density at radius 1 is 1.02 bits per heavy atom. The molecule has 1 aliphatic rings. The first-order chi connectivity index (χ1) is 22.7. The van der Waals surface area contributed by atoms with Gasteiger partial charge in [0, 0.05) is 38.6 Å². The maximum atomic E-state index is 14.0. The van der Waals surface area contributed by atoms with Crippen LogP contribution in [0, 0.1) is 0 Å². The lowest BCUT2D eigenvalue weighted by Gasteiger charge is -2.36. The normalized spacial score (nSPS) is 15.1. The zero-order valence-corrected chi connectivity index (χ0v) is 26.1. The molecule has 3 aromatic heterocycles. The minimum atomic E-state index is -4.92. The molecule has 0 aliphatic carbocycles. The second kappa shape index (κ2) is 13.8. The van der Waals surface area contributed by atoms with Crippen LogP contribution in [0.2, 0.25) is 0 Å². The van der Waals surface area contributed by atoms with Crippen molar-refractivity contribution in [3.63, 3.8) is 0 Å². The van der Waals surface area contributed by atoms with E-state index in [0.29, 0.717) is 37.2 Å². The number of hydrogen-bond acceptors (Lipinski definition) is 9. The number of aromatic nitrogens is 6. The maximum Gasteiger partial charge on any atom is 0.435 e. The molecule has 4 heterocycles. The summed E-state index contributed by atoms with van der Waals surface area (Å²) >= 11 is 0. The van der Waals surface area contributed by atoms with Gasteiger partial charge in [0.2, 0.25) is 11.9 Å². The molecular weight excluding hydrogens is 650 g/mol. The van der Waals surface area contributed by atoms with Crippen LogP contribution in [-0.4, -0.2) is 86.8 Å². The number of nitrogens with zero attached hydrogens (tertiary/aromatic N) is 8. The fourth-order valence-corrected chi connectivity index (χ4v) is 5.42.